The smallest absolute Gasteiger partial charge is 0.341 e. The summed E-state index contributed by atoms with van der Waals surface area (Å²) in [6, 6.07) is 10.9. The Morgan fingerprint density at radius 1 is 1.24 bits per heavy atom. The molecular weight excluding hydrogens is 273 g/mol. The van der Waals surface area contributed by atoms with Crippen molar-refractivity contribution in [2.45, 2.75) is 13.5 Å². The third-order valence-electron chi connectivity index (χ3n) is 2.84. The summed E-state index contributed by atoms with van der Waals surface area (Å²) in [6.07, 6.45) is 0. The molecule has 110 valence electrons. The Morgan fingerprint density at radius 3 is 2.71 bits per heavy atom. The van der Waals surface area contributed by atoms with Crippen LogP contribution < -0.4 is 10.5 Å². The molecule has 0 fully saturated rings. The second-order valence-electron chi connectivity index (χ2n) is 4.36. The molecule has 0 unspecified atom stereocenters. The zero-order valence-corrected chi connectivity index (χ0v) is 11.6. The van der Waals surface area contributed by atoms with Crippen LogP contribution in [0.2, 0.25) is 0 Å². The first kappa shape index (κ1) is 14.8. The van der Waals surface area contributed by atoms with Gasteiger partial charge in [-0.25, -0.2) is 9.18 Å². The van der Waals surface area contributed by atoms with Crippen LogP contribution in [0.3, 0.4) is 0 Å². The molecule has 0 spiro atoms. The number of hydrogen-bond donors (Lipinski definition) is 1. The fourth-order valence-corrected chi connectivity index (χ4v) is 1.81. The lowest BCUT2D eigenvalue weighted by atomic mass is 10.1. The number of anilines is 1. The van der Waals surface area contributed by atoms with Gasteiger partial charge in [0.15, 0.2) is 0 Å². The van der Waals surface area contributed by atoms with Crippen LogP contribution >= 0.6 is 0 Å². The minimum atomic E-state index is -0.499. The molecule has 2 rings (SSSR count). The number of hydrogen-bond acceptors (Lipinski definition) is 4. The van der Waals surface area contributed by atoms with E-state index in [0.29, 0.717) is 11.3 Å². The Bertz CT molecular complexity index is 643. The summed E-state index contributed by atoms with van der Waals surface area (Å²) in [6.45, 7) is 1.98. The normalized spacial score (nSPS) is 10.2. The van der Waals surface area contributed by atoms with E-state index in [9.17, 15) is 9.18 Å². The number of carbonyl (C=O) groups excluding carboxylic acids is 1. The highest BCUT2D eigenvalue weighted by Gasteiger charge is 2.14. The number of carbonyl (C=O) groups is 1. The summed E-state index contributed by atoms with van der Waals surface area (Å²) < 4.78 is 24.0. The first-order valence-electron chi connectivity index (χ1n) is 6.54. The van der Waals surface area contributed by atoms with Crippen molar-refractivity contribution in [2.75, 3.05) is 12.3 Å². The summed E-state index contributed by atoms with van der Waals surface area (Å²) >= 11 is 0. The van der Waals surface area contributed by atoms with Crippen molar-refractivity contribution in [1.29, 1.82) is 0 Å². The first-order valence-corrected chi connectivity index (χ1v) is 6.54. The highest BCUT2D eigenvalue weighted by molar-refractivity contribution is 5.93. The van der Waals surface area contributed by atoms with E-state index >= 15 is 0 Å². The molecule has 2 N–H and O–H groups in total. The van der Waals surface area contributed by atoms with Crippen molar-refractivity contribution in [1.82, 2.24) is 0 Å². The van der Waals surface area contributed by atoms with E-state index in [1.807, 2.05) is 0 Å². The largest absolute Gasteiger partial charge is 0.488 e. The van der Waals surface area contributed by atoms with E-state index in [-0.39, 0.29) is 30.3 Å². The van der Waals surface area contributed by atoms with Gasteiger partial charge in [-0.1, -0.05) is 18.2 Å². The summed E-state index contributed by atoms with van der Waals surface area (Å²) in [5.74, 6) is -0.586. The van der Waals surface area contributed by atoms with Crippen molar-refractivity contribution in [2.24, 2.45) is 0 Å². The number of esters is 1. The molecule has 0 atom stereocenters. The van der Waals surface area contributed by atoms with Gasteiger partial charge in [-0.15, -0.1) is 0 Å². The van der Waals surface area contributed by atoms with Gasteiger partial charge in [0.05, 0.1) is 6.61 Å². The third-order valence-corrected chi connectivity index (χ3v) is 2.84. The van der Waals surface area contributed by atoms with Crippen LogP contribution in [0.15, 0.2) is 42.5 Å². The topological polar surface area (TPSA) is 61.5 Å². The van der Waals surface area contributed by atoms with E-state index < -0.39 is 5.97 Å². The Labute approximate surface area is 122 Å². The van der Waals surface area contributed by atoms with Gasteiger partial charge in [-0.3, -0.25) is 0 Å². The molecule has 0 aromatic heterocycles. The third kappa shape index (κ3) is 3.72. The molecule has 4 nitrogen and oxygen atoms in total. The molecule has 0 radical (unpaired) electrons. The maximum absolute atomic E-state index is 13.6. The molecule has 21 heavy (non-hydrogen) atoms. The number of halogens is 1. The summed E-state index contributed by atoms with van der Waals surface area (Å²) in [7, 11) is 0. The Balaban J connectivity index is 2.20. The van der Waals surface area contributed by atoms with Gasteiger partial charge < -0.3 is 15.2 Å². The van der Waals surface area contributed by atoms with Crippen molar-refractivity contribution in [3.8, 4) is 5.75 Å². The summed E-state index contributed by atoms with van der Waals surface area (Å²) in [4.78, 5) is 11.8. The van der Waals surface area contributed by atoms with Gasteiger partial charge in [-0.05, 0) is 25.1 Å². The van der Waals surface area contributed by atoms with E-state index in [1.165, 1.54) is 18.2 Å². The molecule has 0 aliphatic rings. The van der Waals surface area contributed by atoms with Crippen LogP contribution in [0.5, 0.6) is 5.75 Å². The maximum Gasteiger partial charge on any atom is 0.341 e. The maximum atomic E-state index is 13.6. The van der Waals surface area contributed by atoms with Gasteiger partial charge in [0.2, 0.25) is 0 Å². The Hall–Kier alpha value is -2.56. The molecular formula is C16H16FNO3. The Kier molecular flexibility index (Phi) is 4.77. The zero-order valence-electron chi connectivity index (χ0n) is 11.6. The highest BCUT2D eigenvalue weighted by Crippen LogP contribution is 2.24. The monoisotopic (exact) mass is 289 g/mol. The molecule has 2 aromatic carbocycles. The minimum Gasteiger partial charge on any atom is -0.488 e. The molecule has 0 saturated heterocycles. The molecule has 0 saturated carbocycles. The lowest BCUT2D eigenvalue weighted by Crippen LogP contribution is -2.09. The van der Waals surface area contributed by atoms with Crippen LogP contribution in [0, 0.1) is 5.82 Å². The zero-order chi connectivity index (χ0) is 15.2. The average Bonchev–Trinajstić information content (AvgIpc) is 2.46. The quantitative estimate of drug-likeness (QED) is 0.678. The molecule has 0 aliphatic heterocycles. The molecule has 2 aromatic rings. The summed E-state index contributed by atoms with van der Waals surface area (Å²) in [5.41, 5.74) is 6.81. The fraction of sp³-hybridized carbons (Fsp3) is 0.188. The molecule has 5 heteroatoms. The standard InChI is InChI=1S/C16H16FNO3/c1-2-20-16(19)13-8-7-12(18)9-15(13)21-10-11-5-3-4-6-14(11)17/h3-9H,2,10,18H2,1H3. The number of nitrogens with two attached hydrogens (primary N) is 1. The van der Waals surface area contributed by atoms with E-state index in [4.69, 9.17) is 15.2 Å². The van der Waals surface area contributed by atoms with Crippen LogP contribution in [0.4, 0.5) is 10.1 Å². The second-order valence-corrected chi connectivity index (χ2v) is 4.36. The predicted octanol–water partition coefficient (Wildman–Crippen LogP) is 3.16. The van der Waals surface area contributed by atoms with E-state index in [1.54, 1.807) is 31.2 Å². The average molecular weight is 289 g/mol. The second kappa shape index (κ2) is 6.74. The van der Waals surface area contributed by atoms with Gasteiger partial charge in [0.1, 0.15) is 23.7 Å². The molecule has 0 bridgehead atoms. The Morgan fingerprint density at radius 2 is 2.00 bits per heavy atom. The number of rotatable bonds is 5. The van der Waals surface area contributed by atoms with Gasteiger partial charge in [-0.2, -0.15) is 0 Å². The number of benzene rings is 2. The summed E-state index contributed by atoms with van der Waals surface area (Å²) in [5, 5.41) is 0. The van der Waals surface area contributed by atoms with E-state index in [2.05, 4.69) is 0 Å². The lowest BCUT2D eigenvalue weighted by Gasteiger charge is -2.12. The number of ether oxygens (including phenoxy) is 2. The van der Waals surface area contributed by atoms with Crippen LogP contribution in [0.1, 0.15) is 22.8 Å². The van der Waals surface area contributed by atoms with Crippen molar-refractivity contribution >= 4 is 11.7 Å². The molecule has 0 aliphatic carbocycles. The highest BCUT2D eigenvalue weighted by atomic mass is 19.1. The lowest BCUT2D eigenvalue weighted by molar-refractivity contribution is 0.0521. The van der Waals surface area contributed by atoms with Gasteiger partial charge in [0, 0.05) is 17.3 Å². The van der Waals surface area contributed by atoms with Crippen LogP contribution in [-0.4, -0.2) is 12.6 Å². The molecule has 0 amide bonds. The first-order chi connectivity index (χ1) is 10.1. The van der Waals surface area contributed by atoms with Gasteiger partial charge in [0.25, 0.3) is 0 Å². The minimum absolute atomic E-state index is 0.00251. The van der Waals surface area contributed by atoms with Gasteiger partial charge >= 0.3 is 5.97 Å². The van der Waals surface area contributed by atoms with Crippen LogP contribution in [-0.2, 0) is 11.3 Å². The number of nitrogen functional groups attached to an aromatic ring is 1. The predicted molar refractivity (Wildman–Crippen MR) is 77.5 cm³/mol. The van der Waals surface area contributed by atoms with Crippen molar-refractivity contribution < 1.29 is 18.7 Å². The molecule has 0 heterocycles. The van der Waals surface area contributed by atoms with E-state index in [0.717, 1.165) is 0 Å². The fourth-order valence-electron chi connectivity index (χ4n) is 1.81. The van der Waals surface area contributed by atoms with Crippen molar-refractivity contribution in [3.63, 3.8) is 0 Å². The van der Waals surface area contributed by atoms with Crippen molar-refractivity contribution in [3.05, 3.63) is 59.4 Å². The van der Waals surface area contributed by atoms with Crippen LogP contribution in [0.25, 0.3) is 0 Å². The SMILES string of the molecule is CCOC(=O)c1ccc(N)cc1OCc1ccccc1F.